The van der Waals surface area contributed by atoms with Crippen molar-refractivity contribution in [2.75, 3.05) is 5.32 Å². The summed E-state index contributed by atoms with van der Waals surface area (Å²) < 4.78 is 0. The van der Waals surface area contributed by atoms with Crippen LogP contribution in [0.3, 0.4) is 0 Å². The zero-order chi connectivity index (χ0) is 21.9. The molecule has 0 unspecified atom stereocenters. The summed E-state index contributed by atoms with van der Waals surface area (Å²) in [5.74, 6) is -0.641. The van der Waals surface area contributed by atoms with Crippen molar-refractivity contribution in [3.05, 3.63) is 65.2 Å². The number of hydrogen-bond acceptors (Lipinski definition) is 5. The molecule has 3 aromatic rings. The van der Waals surface area contributed by atoms with E-state index < -0.39 is 6.04 Å². The lowest BCUT2D eigenvalue weighted by Crippen LogP contribution is -2.41. The van der Waals surface area contributed by atoms with Gasteiger partial charge in [-0.3, -0.25) is 14.9 Å². The minimum atomic E-state index is -0.717. The Kier molecular flexibility index (Phi) is 6.31. The molecule has 2 aromatic carbocycles. The van der Waals surface area contributed by atoms with Crippen molar-refractivity contribution in [3.8, 4) is 10.6 Å². The van der Waals surface area contributed by atoms with E-state index in [0.717, 1.165) is 21.7 Å². The zero-order valence-electron chi connectivity index (χ0n) is 17.8. The first-order valence-corrected chi connectivity index (χ1v) is 10.6. The number of anilines is 1. The van der Waals surface area contributed by atoms with Crippen LogP contribution in [0.5, 0.6) is 0 Å². The Hall–Kier alpha value is -3.06. The molecule has 0 fully saturated rings. The monoisotopic (exact) mass is 422 g/mol. The van der Waals surface area contributed by atoms with E-state index in [1.54, 1.807) is 19.1 Å². The maximum atomic E-state index is 12.5. The Labute approximate surface area is 180 Å². The molecule has 0 saturated heterocycles. The number of nitrogens with one attached hydrogen (secondary N) is 2. The summed E-state index contributed by atoms with van der Waals surface area (Å²) in [6, 6.07) is 14.6. The molecule has 0 aliphatic rings. The summed E-state index contributed by atoms with van der Waals surface area (Å²) >= 11 is 1.29. The Morgan fingerprint density at radius 2 is 1.73 bits per heavy atom. The summed E-state index contributed by atoms with van der Waals surface area (Å²) in [6.45, 7) is 10.00. The van der Waals surface area contributed by atoms with E-state index in [1.165, 1.54) is 11.3 Å². The average Bonchev–Trinajstić information content (AvgIpc) is 3.16. The largest absolute Gasteiger partial charge is 0.341 e. The van der Waals surface area contributed by atoms with Crippen LogP contribution in [0.2, 0.25) is 0 Å². The van der Waals surface area contributed by atoms with Gasteiger partial charge in [-0.15, -0.1) is 10.2 Å². The van der Waals surface area contributed by atoms with Crippen molar-refractivity contribution < 1.29 is 9.59 Å². The summed E-state index contributed by atoms with van der Waals surface area (Å²) in [5.41, 5.74) is 3.75. The maximum absolute atomic E-state index is 12.5. The van der Waals surface area contributed by atoms with Gasteiger partial charge in [-0.2, -0.15) is 0 Å². The van der Waals surface area contributed by atoms with Crippen molar-refractivity contribution in [1.29, 1.82) is 0 Å². The van der Waals surface area contributed by atoms with Gasteiger partial charge < -0.3 is 5.32 Å². The summed E-state index contributed by atoms with van der Waals surface area (Å²) in [5, 5.41) is 14.8. The Morgan fingerprint density at radius 3 is 2.37 bits per heavy atom. The van der Waals surface area contributed by atoms with E-state index >= 15 is 0 Å². The second kappa shape index (κ2) is 8.75. The Morgan fingerprint density at radius 1 is 1.03 bits per heavy atom. The van der Waals surface area contributed by atoms with Crippen molar-refractivity contribution in [1.82, 2.24) is 15.5 Å². The SMILES string of the molecule is Cc1cccc(-c2nnc(NC(=O)[C@H](C)NC(=O)c3ccc(C(C)(C)C)cc3)s2)c1. The normalized spacial score (nSPS) is 12.3. The van der Waals surface area contributed by atoms with Crippen molar-refractivity contribution >= 4 is 28.3 Å². The minimum absolute atomic E-state index is 0.0151. The molecule has 1 aromatic heterocycles. The highest BCUT2D eigenvalue weighted by Gasteiger charge is 2.19. The van der Waals surface area contributed by atoms with E-state index in [1.807, 2.05) is 43.3 Å². The quantitative estimate of drug-likeness (QED) is 0.631. The molecular formula is C23H26N4O2S. The predicted molar refractivity (Wildman–Crippen MR) is 121 cm³/mol. The number of nitrogens with zero attached hydrogens (tertiary/aromatic N) is 2. The lowest BCUT2D eigenvalue weighted by atomic mass is 9.86. The molecule has 1 heterocycles. The fourth-order valence-corrected chi connectivity index (χ4v) is 3.59. The van der Waals surface area contributed by atoms with Crippen LogP contribution in [-0.2, 0) is 10.2 Å². The van der Waals surface area contributed by atoms with Crippen LogP contribution in [0.25, 0.3) is 10.6 Å². The first kappa shape index (κ1) is 21.6. The number of rotatable bonds is 5. The van der Waals surface area contributed by atoms with Gasteiger partial charge in [0.25, 0.3) is 5.91 Å². The number of hydrogen-bond donors (Lipinski definition) is 2. The molecule has 0 saturated carbocycles. The molecule has 6 nitrogen and oxygen atoms in total. The third-order valence-corrected chi connectivity index (χ3v) is 5.56. The lowest BCUT2D eigenvalue weighted by molar-refractivity contribution is -0.117. The lowest BCUT2D eigenvalue weighted by Gasteiger charge is -2.19. The van der Waals surface area contributed by atoms with Gasteiger partial charge in [0.2, 0.25) is 11.0 Å². The fraction of sp³-hybridized carbons (Fsp3) is 0.304. The van der Waals surface area contributed by atoms with Crippen LogP contribution in [0.4, 0.5) is 5.13 Å². The molecule has 3 rings (SSSR count). The van der Waals surface area contributed by atoms with Crippen LogP contribution < -0.4 is 10.6 Å². The predicted octanol–water partition coefficient (Wildman–Crippen LogP) is 4.57. The molecule has 0 spiro atoms. The highest BCUT2D eigenvalue weighted by molar-refractivity contribution is 7.18. The molecule has 156 valence electrons. The van der Waals surface area contributed by atoms with E-state index in [4.69, 9.17) is 0 Å². The summed E-state index contributed by atoms with van der Waals surface area (Å²) in [7, 11) is 0. The maximum Gasteiger partial charge on any atom is 0.251 e. The van der Waals surface area contributed by atoms with Gasteiger partial charge in [0, 0.05) is 11.1 Å². The Bertz CT molecular complexity index is 1050. The number of carbonyl (C=O) groups is 2. The van der Waals surface area contributed by atoms with Crippen molar-refractivity contribution in [2.24, 2.45) is 0 Å². The summed E-state index contributed by atoms with van der Waals surface area (Å²) in [4.78, 5) is 25.0. The third kappa shape index (κ3) is 5.30. The van der Waals surface area contributed by atoms with Gasteiger partial charge in [0.15, 0.2) is 0 Å². The second-order valence-corrected chi connectivity index (χ2v) is 9.27. The van der Waals surface area contributed by atoms with Crippen LogP contribution in [-0.4, -0.2) is 28.1 Å². The number of aromatic nitrogens is 2. The molecule has 2 amide bonds. The zero-order valence-corrected chi connectivity index (χ0v) is 18.6. The molecular weight excluding hydrogens is 396 g/mol. The first-order chi connectivity index (χ1) is 14.1. The fourth-order valence-electron chi connectivity index (χ4n) is 2.85. The molecule has 0 bridgehead atoms. The van der Waals surface area contributed by atoms with Crippen LogP contribution in [0.15, 0.2) is 48.5 Å². The molecule has 1 atom stereocenters. The third-order valence-electron chi connectivity index (χ3n) is 4.67. The first-order valence-electron chi connectivity index (χ1n) is 9.76. The van der Waals surface area contributed by atoms with Crippen molar-refractivity contribution in [3.63, 3.8) is 0 Å². The molecule has 30 heavy (non-hydrogen) atoms. The molecule has 0 aliphatic carbocycles. The van der Waals surface area contributed by atoms with Crippen LogP contribution in [0, 0.1) is 6.92 Å². The average molecular weight is 423 g/mol. The standard InChI is InChI=1S/C23H26N4O2S/c1-14-7-6-8-17(13-14)21-26-27-22(30-21)25-19(28)15(2)24-20(29)16-9-11-18(12-10-16)23(3,4)5/h6-13,15H,1-5H3,(H,24,29)(H,25,27,28)/t15-/m0/s1. The molecule has 2 N–H and O–H groups in total. The Balaban J connectivity index is 1.60. The van der Waals surface area contributed by atoms with Gasteiger partial charge in [-0.05, 0) is 43.0 Å². The topological polar surface area (TPSA) is 84.0 Å². The number of amides is 2. The number of benzene rings is 2. The van der Waals surface area contributed by atoms with Gasteiger partial charge in [-0.25, -0.2) is 0 Å². The van der Waals surface area contributed by atoms with Gasteiger partial charge in [0.1, 0.15) is 11.0 Å². The number of carbonyl (C=O) groups excluding carboxylic acids is 2. The summed E-state index contributed by atoms with van der Waals surface area (Å²) in [6.07, 6.45) is 0. The van der Waals surface area contributed by atoms with Gasteiger partial charge >= 0.3 is 0 Å². The minimum Gasteiger partial charge on any atom is -0.341 e. The van der Waals surface area contributed by atoms with Crippen molar-refractivity contribution in [2.45, 2.75) is 46.1 Å². The number of aryl methyl sites for hydroxylation is 1. The highest BCUT2D eigenvalue weighted by Crippen LogP contribution is 2.27. The molecule has 0 aliphatic heterocycles. The van der Waals surface area contributed by atoms with Gasteiger partial charge in [0.05, 0.1) is 0 Å². The van der Waals surface area contributed by atoms with E-state index in [0.29, 0.717) is 10.7 Å². The molecule has 0 radical (unpaired) electrons. The smallest absolute Gasteiger partial charge is 0.251 e. The van der Waals surface area contributed by atoms with Crippen LogP contribution in [0.1, 0.15) is 49.2 Å². The van der Waals surface area contributed by atoms with E-state index in [9.17, 15) is 9.59 Å². The van der Waals surface area contributed by atoms with Gasteiger partial charge in [-0.1, -0.05) is 68.0 Å². The highest BCUT2D eigenvalue weighted by atomic mass is 32.1. The van der Waals surface area contributed by atoms with Crippen LogP contribution >= 0.6 is 11.3 Å². The molecule has 7 heteroatoms. The second-order valence-electron chi connectivity index (χ2n) is 8.29. The van der Waals surface area contributed by atoms with E-state index in [-0.39, 0.29) is 17.2 Å². The van der Waals surface area contributed by atoms with E-state index in [2.05, 4.69) is 41.6 Å².